The smallest absolute Gasteiger partial charge is 0.408 e. The fourth-order valence-corrected chi connectivity index (χ4v) is 4.17. The number of unbranched alkanes of at least 4 members (excludes halogenated alkanes) is 6. The largest absolute Gasteiger partial charge is 0.508 e. The van der Waals surface area contributed by atoms with Crippen LogP contribution >= 0.6 is 12.6 Å². The third-order valence-electron chi connectivity index (χ3n) is 5.83. The van der Waals surface area contributed by atoms with E-state index in [-0.39, 0.29) is 17.4 Å². The molecular formula is C28H47N3O5S. The van der Waals surface area contributed by atoms with Crippen molar-refractivity contribution in [3.63, 3.8) is 0 Å². The molecule has 0 radical (unpaired) electrons. The predicted octanol–water partition coefficient (Wildman–Crippen LogP) is 5.36. The molecule has 37 heavy (non-hydrogen) atoms. The third-order valence-corrected chi connectivity index (χ3v) is 6.19. The summed E-state index contributed by atoms with van der Waals surface area (Å²) in [5, 5.41) is 16.2. The van der Waals surface area contributed by atoms with E-state index in [2.05, 4.69) is 30.2 Å². The fourth-order valence-electron chi connectivity index (χ4n) is 3.92. The van der Waals surface area contributed by atoms with E-state index in [9.17, 15) is 19.5 Å². The van der Waals surface area contributed by atoms with Crippen LogP contribution in [0.1, 0.15) is 97.6 Å². The van der Waals surface area contributed by atoms with Gasteiger partial charge in [0.05, 0.1) is 0 Å². The van der Waals surface area contributed by atoms with Crippen LogP contribution in [0, 0.1) is 0 Å². The number of benzene rings is 1. The molecule has 210 valence electrons. The quantitative estimate of drug-likeness (QED) is 0.168. The van der Waals surface area contributed by atoms with Crippen molar-refractivity contribution in [2.75, 3.05) is 18.8 Å². The number of carbonyl (C=O) groups is 3. The summed E-state index contributed by atoms with van der Waals surface area (Å²) < 4.78 is 5.34. The molecule has 0 bridgehead atoms. The molecule has 0 aromatic heterocycles. The lowest BCUT2D eigenvalue weighted by molar-refractivity contribution is -0.142. The van der Waals surface area contributed by atoms with Crippen LogP contribution < -0.4 is 10.6 Å². The van der Waals surface area contributed by atoms with Gasteiger partial charge in [0.15, 0.2) is 0 Å². The Hall–Kier alpha value is -2.42. The maximum absolute atomic E-state index is 13.8. The second-order valence-corrected chi connectivity index (χ2v) is 10.7. The van der Waals surface area contributed by atoms with Crippen molar-refractivity contribution >= 4 is 30.5 Å². The highest BCUT2D eigenvalue weighted by Crippen LogP contribution is 2.30. The summed E-state index contributed by atoms with van der Waals surface area (Å²) in [5.41, 5.74) is -0.393. The first-order chi connectivity index (χ1) is 17.6. The van der Waals surface area contributed by atoms with Crippen LogP contribution in [0.2, 0.25) is 0 Å². The van der Waals surface area contributed by atoms with Crippen molar-refractivity contribution in [3.8, 4) is 5.75 Å². The Kier molecular flexibility index (Phi) is 15.1. The maximum atomic E-state index is 13.8. The number of alkyl carbamates (subject to hydrolysis) is 1. The number of carbonyl (C=O) groups excluding carboxylic acids is 3. The van der Waals surface area contributed by atoms with E-state index in [4.69, 9.17) is 4.74 Å². The monoisotopic (exact) mass is 537 g/mol. The topological polar surface area (TPSA) is 108 Å². The summed E-state index contributed by atoms with van der Waals surface area (Å²) in [7, 11) is 0. The lowest BCUT2D eigenvalue weighted by Crippen LogP contribution is -2.54. The van der Waals surface area contributed by atoms with Crippen LogP contribution in [0.25, 0.3) is 0 Å². The summed E-state index contributed by atoms with van der Waals surface area (Å²) >= 11 is 4.31. The predicted molar refractivity (Wildman–Crippen MR) is 151 cm³/mol. The average Bonchev–Trinajstić information content (AvgIpc) is 2.83. The van der Waals surface area contributed by atoms with E-state index >= 15 is 0 Å². The molecule has 0 saturated carbocycles. The summed E-state index contributed by atoms with van der Waals surface area (Å²) in [6, 6.07) is 4.50. The molecular weight excluding hydrogens is 490 g/mol. The van der Waals surface area contributed by atoms with Gasteiger partial charge in [0.1, 0.15) is 23.4 Å². The first-order valence-corrected chi connectivity index (χ1v) is 14.1. The Bertz CT molecular complexity index is 843. The minimum absolute atomic E-state index is 0.0238. The van der Waals surface area contributed by atoms with Gasteiger partial charge in [-0.25, -0.2) is 4.79 Å². The fraction of sp³-hybridized carbons (Fsp3) is 0.679. The van der Waals surface area contributed by atoms with Gasteiger partial charge in [-0.15, -0.1) is 0 Å². The van der Waals surface area contributed by atoms with Gasteiger partial charge in [-0.2, -0.15) is 12.6 Å². The number of hydrogen-bond donors (Lipinski definition) is 4. The number of nitrogens with one attached hydrogen (secondary N) is 2. The van der Waals surface area contributed by atoms with Crippen LogP contribution in [0.4, 0.5) is 4.79 Å². The molecule has 3 N–H and O–H groups in total. The molecule has 0 aliphatic rings. The number of ether oxygens (including phenoxy) is 1. The molecule has 0 spiro atoms. The van der Waals surface area contributed by atoms with Crippen molar-refractivity contribution in [2.45, 2.75) is 104 Å². The molecule has 2 atom stereocenters. The molecule has 0 aliphatic carbocycles. The molecule has 1 rings (SSSR count). The van der Waals surface area contributed by atoms with Gasteiger partial charge in [0, 0.05) is 24.4 Å². The van der Waals surface area contributed by atoms with Crippen molar-refractivity contribution in [2.24, 2.45) is 0 Å². The van der Waals surface area contributed by atoms with Crippen LogP contribution in [-0.4, -0.2) is 58.4 Å². The number of hydrogen-bond acceptors (Lipinski definition) is 6. The molecule has 1 aromatic carbocycles. The van der Waals surface area contributed by atoms with Crippen molar-refractivity contribution in [3.05, 3.63) is 29.8 Å². The van der Waals surface area contributed by atoms with Crippen molar-refractivity contribution in [1.82, 2.24) is 15.5 Å². The zero-order valence-corrected chi connectivity index (χ0v) is 24.1. The molecule has 1 aromatic rings. The number of phenolic OH excluding ortho intramolecular Hbond substituents is 1. The Morgan fingerprint density at radius 2 is 1.62 bits per heavy atom. The molecule has 0 saturated heterocycles. The van der Waals surface area contributed by atoms with Gasteiger partial charge < -0.3 is 25.4 Å². The lowest BCUT2D eigenvalue weighted by atomic mass is 10.0. The van der Waals surface area contributed by atoms with E-state index in [1.807, 2.05) is 6.92 Å². The lowest BCUT2D eigenvalue weighted by Gasteiger charge is -2.34. The Morgan fingerprint density at radius 3 is 2.22 bits per heavy atom. The van der Waals surface area contributed by atoms with E-state index < -0.39 is 29.7 Å². The van der Waals surface area contributed by atoms with Gasteiger partial charge in [-0.1, -0.05) is 70.6 Å². The molecule has 0 aliphatic heterocycles. The SMILES string of the molecule is CCCCCCCCN(C(=O)C(CS)NC(=O)OC(C)(C)C)C(C(=O)NCCCC)c1ccccc1O. The Morgan fingerprint density at radius 1 is 1.00 bits per heavy atom. The van der Waals surface area contributed by atoms with E-state index in [0.717, 1.165) is 44.9 Å². The minimum atomic E-state index is -1.05. The summed E-state index contributed by atoms with van der Waals surface area (Å²) in [6.45, 7) is 10.2. The zero-order valence-electron chi connectivity index (χ0n) is 23.2. The zero-order chi connectivity index (χ0) is 27.8. The van der Waals surface area contributed by atoms with Crippen LogP contribution in [-0.2, 0) is 14.3 Å². The third kappa shape index (κ3) is 12.1. The second-order valence-electron chi connectivity index (χ2n) is 10.3. The number of aromatic hydroxyl groups is 1. The van der Waals surface area contributed by atoms with E-state index in [1.165, 1.54) is 11.0 Å². The first kappa shape index (κ1) is 32.6. The molecule has 9 heteroatoms. The number of amides is 3. The Balaban J connectivity index is 3.30. The van der Waals surface area contributed by atoms with Gasteiger partial charge in [0.25, 0.3) is 0 Å². The maximum Gasteiger partial charge on any atom is 0.408 e. The van der Waals surface area contributed by atoms with E-state index in [0.29, 0.717) is 25.1 Å². The summed E-state index contributed by atoms with van der Waals surface area (Å²) in [4.78, 5) is 41.2. The highest BCUT2D eigenvalue weighted by molar-refractivity contribution is 7.80. The van der Waals surface area contributed by atoms with Crippen LogP contribution in [0.3, 0.4) is 0 Å². The van der Waals surface area contributed by atoms with Gasteiger partial charge in [-0.3, -0.25) is 9.59 Å². The molecule has 3 amide bonds. The number of nitrogens with zero attached hydrogens (tertiary/aromatic N) is 1. The standard InChI is InChI=1S/C28H47N3O5S/c1-6-8-10-11-12-15-19-31(26(34)22(20-37)30-27(35)36-28(3,4)5)24(25(33)29-18-9-7-2)21-16-13-14-17-23(21)32/h13-14,16-17,22,24,32,37H,6-12,15,18-20H2,1-5H3,(H,29,33)(H,30,35). The Labute approximate surface area is 228 Å². The minimum Gasteiger partial charge on any atom is -0.508 e. The summed E-state index contributed by atoms with van der Waals surface area (Å²) in [5.74, 6) is -0.866. The number of para-hydroxylation sites is 1. The number of rotatable bonds is 16. The van der Waals surface area contributed by atoms with E-state index in [1.54, 1.807) is 39.0 Å². The van der Waals surface area contributed by atoms with Gasteiger partial charge in [0.2, 0.25) is 11.8 Å². The molecule has 0 heterocycles. The average molecular weight is 538 g/mol. The summed E-state index contributed by atoms with van der Waals surface area (Å²) in [6.07, 6.45) is 7.00. The first-order valence-electron chi connectivity index (χ1n) is 13.5. The van der Waals surface area contributed by atoms with Crippen LogP contribution in [0.15, 0.2) is 24.3 Å². The number of thiol groups is 1. The number of phenols is 1. The normalized spacial score (nSPS) is 12.9. The molecule has 8 nitrogen and oxygen atoms in total. The van der Waals surface area contributed by atoms with Crippen molar-refractivity contribution in [1.29, 1.82) is 0 Å². The molecule has 0 fully saturated rings. The van der Waals surface area contributed by atoms with Gasteiger partial charge in [-0.05, 0) is 39.7 Å². The highest BCUT2D eigenvalue weighted by atomic mass is 32.1. The van der Waals surface area contributed by atoms with Gasteiger partial charge >= 0.3 is 6.09 Å². The van der Waals surface area contributed by atoms with Crippen LogP contribution in [0.5, 0.6) is 5.75 Å². The highest BCUT2D eigenvalue weighted by Gasteiger charge is 2.36. The molecule has 2 unspecified atom stereocenters. The second kappa shape index (κ2) is 17.2. The van der Waals surface area contributed by atoms with Crippen molar-refractivity contribution < 1.29 is 24.2 Å².